The molecule has 0 aliphatic carbocycles. The summed E-state index contributed by atoms with van der Waals surface area (Å²) in [4.78, 5) is 47.4. The number of amidine groups is 1. The van der Waals surface area contributed by atoms with Gasteiger partial charge >= 0.3 is 11.9 Å². The van der Waals surface area contributed by atoms with Gasteiger partial charge in [-0.05, 0) is 70.6 Å². The van der Waals surface area contributed by atoms with Gasteiger partial charge in [-0.3, -0.25) is 9.59 Å². The van der Waals surface area contributed by atoms with Crippen LogP contribution in [-0.2, 0) is 23.9 Å². The lowest BCUT2D eigenvalue weighted by molar-refractivity contribution is -0.151. The number of aliphatic imine (C=N–C) groups is 1. The van der Waals surface area contributed by atoms with Crippen LogP contribution in [0.2, 0.25) is 5.02 Å². The summed E-state index contributed by atoms with van der Waals surface area (Å²) in [5.74, 6) is -0.843. The zero-order chi connectivity index (χ0) is 27.6. The van der Waals surface area contributed by atoms with Gasteiger partial charge in [0.1, 0.15) is 5.60 Å². The van der Waals surface area contributed by atoms with Crippen LogP contribution in [0, 0.1) is 5.92 Å². The van der Waals surface area contributed by atoms with Crippen LogP contribution in [0.1, 0.15) is 65.5 Å². The second kappa shape index (κ2) is 11.5. The summed E-state index contributed by atoms with van der Waals surface area (Å²) in [6.07, 6.45) is 1.32. The van der Waals surface area contributed by atoms with Gasteiger partial charge in [0.25, 0.3) is 0 Å². The SMILES string of the molecule is CCOC(=O)C1CCN(C(=O)CC2=CSC3=NC(C)=C(C(=O)OC(C)(C)C)C(c4cccc(Cl)c4)N23)CC1. The van der Waals surface area contributed by atoms with Crippen molar-refractivity contribution in [3.05, 3.63) is 57.2 Å². The smallest absolute Gasteiger partial charge is 0.338 e. The predicted octanol–water partition coefficient (Wildman–Crippen LogP) is 5.45. The number of fused-ring (bicyclic) bond motifs is 1. The van der Waals surface area contributed by atoms with Crippen molar-refractivity contribution in [3.63, 3.8) is 0 Å². The third-order valence-electron chi connectivity index (χ3n) is 6.58. The van der Waals surface area contributed by atoms with Crippen molar-refractivity contribution in [2.45, 2.75) is 65.5 Å². The Kier molecular flexibility index (Phi) is 8.57. The normalized spacial score (nSPS) is 20.1. The largest absolute Gasteiger partial charge is 0.466 e. The first-order chi connectivity index (χ1) is 18.0. The van der Waals surface area contributed by atoms with Crippen LogP contribution in [0.25, 0.3) is 0 Å². The number of carbonyl (C=O) groups is 3. The summed E-state index contributed by atoms with van der Waals surface area (Å²) in [6.45, 7) is 10.4. The molecule has 0 spiro atoms. The van der Waals surface area contributed by atoms with Gasteiger partial charge in [-0.1, -0.05) is 35.5 Å². The molecular formula is C28H34ClN3O5S. The molecule has 8 nitrogen and oxygen atoms in total. The van der Waals surface area contributed by atoms with E-state index in [2.05, 4.69) is 0 Å². The third-order valence-corrected chi connectivity index (χ3v) is 7.71. The van der Waals surface area contributed by atoms with Crippen LogP contribution >= 0.6 is 23.4 Å². The topological polar surface area (TPSA) is 88.5 Å². The van der Waals surface area contributed by atoms with Gasteiger partial charge in [0, 0.05) is 23.8 Å². The molecule has 0 radical (unpaired) electrons. The van der Waals surface area contributed by atoms with E-state index in [-0.39, 0.29) is 24.2 Å². The van der Waals surface area contributed by atoms with Crippen LogP contribution in [0.3, 0.4) is 0 Å². The summed E-state index contributed by atoms with van der Waals surface area (Å²) in [6, 6.07) is 6.83. The molecule has 10 heteroatoms. The fourth-order valence-electron chi connectivity index (χ4n) is 4.85. The van der Waals surface area contributed by atoms with Crippen molar-refractivity contribution in [2.75, 3.05) is 19.7 Å². The highest BCUT2D eigenvalue weighted by molar-refractivity contribution is 8.16. The van der Waals surface area contributed by atoms with Crippen LogP contribution in [-0.4, -0.2) is 58.1 Å². The number of hydrogen-bond acceptors (Lipinski definition) is 8. The summed E-state index contributed by atoms with van der Waals surface area (Å²) in [5, 5.41) is 3.17. The first-order valence-electron chi connectivity index (χ1n) is 12.9. The third kappa shape index (κ3) is 6.26. The minimum absolute atomic E-state index is 0.0321. The van der Waals surface area contributed by atoms with Gasteiger partial charge in [0.15, 0.2) is 5.17 Å². The zero-order valence-electron chi connectivity index (χ0n) is 22.5. The minimum Gasteiger partial charge on any atom is -0.466 e. The fraction of sp³-hybridized carbons (Fsp3) is 0.500. The molecule has 1 saturated heterocycles. The lowest BCUT2D eigenvalue weighted by Crippen LogP contribution is -2.42. The maximum absolute atomic E-state index is 13.4. The molecule has 3 aliphatic rings. The lowest BCUT2D eigenvalue weighted by atomic mass is 9.93. The molecule has 0 bridgehead atoms. The van der Waals surface area contributed by atoms with Crippen molar-refractivity contribution in [2.24, 2.45) is 10.9 Å². The fourth-order valence-corrected chi connectivity index (χ4v) is 6.01. The molecule has 0 N–H and O–H groups in total. The van der Waals surface area contributed by atoms with Gasteiger partial charge in [-0.2, -0.15) is 0 Å². The number of hydrogen-bond donors (Lipinski definition) is 0. The van der Waals surface area contributed by atoms with E-state index in [0.717, 1.165) is 11.3 Å². The Balaban J connectivity index is 1.58. The molecule has 38 heavy (non-hydrogen) atoms. The monoisotopic (exact) mass is 559 g/mol. The van der Waals surface area contributed by atoms with E-state index in [9.17, 15) is 14.4 Å². The van der Waals surface area contributed by atoms with Gasteiger partial charge in [-0.15, -0.1) is 0 Å². The Labute approximate surface area is 233 Å². The van der Waals surface area contributed by atoms with Gasteiger partial charge in [0.2, 0.25) is 5.91 Å². The molecule has 1 atom stereocenters. The molecule has 4 rings (SSSR count). The molecule has 3 heterocycles. The van der Waals surface area contributed by atoms with E-state index >= 15 is 0 Å². The molecule has 1 aromatic carbocycles. The highest BCUT2D eigenvalue weighted by atomic mass is 35.5. The number of ether oxygens (including phenoxy) is 2. The highest BCUT2D eigenvalue weighted by Gasteiger charge is 2.42. The first-order valence-corrected chi connectivity index (χ1v) is 14.1. The number of piperidine rings is 1. The number of thioether (sulfide) groups is 1. The Morgan fingerprint density at radius 2 is 1.89 bits per heavy atom. The number of benzene rings is 1. The highest BCUT2D eigenvalue weighted by Crippen LogP contribution is 2.45. The summed E-state index contributed by atoms with van der Waals surface area (Å²) in [5.41, 5.74) is 1.87. The summed E-state index contributed by atoms with van der Waals surface area (Å²) >= 11 is 7.79. The molecule has 0 saturated carbocycles. The van der Waals surface area contributed by atoms with Gasteiger partial charge < -0.3 is 19.3 Å². The number of esters is 2. The van der Waals surface area contributed by atoms with E-state index in [4.69, 9.17) is 26.1 Å². The van der Waals surface area contributed by atoms with E-state index in [1.807, 2.05) is 49.3 Å². The Morgan fingerprint density at radius 3 is 2.53 bits per heavy atom. The molecule has 1 aromatic rings. The summed E-state index contributed by atoms with van der Waals surface area (Å²) in [7, 11) is 0. The quantitative estimate of drug-likeness (QED) is 0.428. The van der Waals surface area contributed by atoms with Crippen LogP contribution in [0.15, 0.2) is 51.6 Å². The molecule has 1 unspecified atom stereocenters. The number of nitrogens with zero attached hydrogens (tertiary/aromatic N) is 3. The first kappa shape index (κ1) is 28.2. The maximum atomic E-state index is 13.4. The molecule has 3 aliphatic heterocycles. The molecule has 1 amide bonds. The predicted molar refractivity (Wildman–Crippen MR) is 148 cm³/mol. The average molecular weight is 560 g/mol. The number of halogens is 1. The molecule has 204 valence electrons. The maximum Gasteiger partial charge on any atom is 0.338 e. The number of likely N-dealkylation sites (tertiary alicyclic amines) is 1. The second-order valence-electron chi connectivity index (χ2n) is 10.5. The van der Waals surface area contributed by atoms with E-state index in [0.29, 0.717) is 54.0 Å². The van der Waals surface area contributed by atoms with Crippen molar-refractivity contribution in [1.82, 2.24) is 9.80 Å². The Morgan fingerprint density at radius 1 is 1.18 bits per heavy atom. The van der Waals surface area contributed by atoms with E-state index < -0.39 is 17.6 Å². The number of amides is 1. The molecular weight excluding hydrogens is 526 g/mol. The Bertz CT molecular complexity index is 1210. The Hall–Kier alpha value is -2.78. The van der Waals surface area contributed by atoms with Gasteiger partial charge in [-0.25, -0.2) is 9.79 Å². The van der Waals surface area contributed by atoms with Crippen LogP contribution < -0.4 is 0 Å². The zero-order valence-corrected chi connectivity index (χ0v) is 24.0. The minimum atomic E-state index is -0.683. The molecule has 1 fully saturated rings. The average Bonchev–Trinajstić information content (AvgIpc) is 3.24. The second-order valence-corrected chi connectivity index (χ2v) is 11.8. The van der Waals surface area contributed by atoms with Crippen LogP contribution in [0.4, 0.5) is 0 Å². The van der Waals surface area contributed by atoms with Crippen LogP contribution in [0.5, 0.6) is 0 Å². The molecule has 0 aromatic heterocycles. The summed E-state index contributed by atoms with van der Waals surface area (Å²) < 4.78 is 10.9. The number of allylic oxidation sites excluding steroid dienone is 1. The van der Waals surface area contributed by atoms with Crippen molar-refractivity contribution in [1.29, 1.82) is 0 Å². The number of carbonyl (C=O) groups excluding carboxylic acids is 3. The van der Waals surface area contributed by atoms with Crippen molar-refractivity contribution >= 4 is 46.4 Å². The number of rotatable bonds is 6. The van der Waals surface area contributed by atoms with E-state index in [1.165, 1.54) is 11.8 Å². The van der Waals surface area contributed by atoms with Gasteiger partial charge in [0.05, 0.1) is 36.3 Å². The standard InChI is InChI=1S/C28H34ClN3O5S/c1-6-36-25(34)18-10-12-31(13-11-18)22(33)15-21-16-38-27-30-17(2)23(26(35)37-28(3,4)5)24(32(21)27)19-8-7-9-20(29)14-19/h7-9,14,16,18,24H,6,10-13,15H2,1-5H3. The lowest BCUT2D eigenvalue weighted by Gasteiger charge is -2.38. The van der Waals surface area contributed by atoms with Crippen molar-refractivity contribution < 1.29 is 23.9 Å². The van der Waals surface area contributed by atoms with Crippen molar-refractivity contribution in [3.8, 4) is 0 Å². The van der Waals surface area contributed by atoms with E-state index in [1.54, 1.807) is 24.8 Å².